The third kappa shape index (κ3) is 6.72. The molecule has 0 saturated carbocycles. The van der Waals surface area contributed by atoms with Gasteiger partial charge in [-0.25, -0.2) is 12.8 Å². The summed E-state index contributed by atoms with van der Waals surface area (Å²) in [5, 5.41) is 6.29. The van der Waals surface area contributed by atoms with E-state index in [1.54, 1.807) is 25.2 Å². The van der Waals surface area contributed by atoms with E-state index in [1.807, 2.05) is 18.2 Å². The number of anilines is 1. The highest BCUT2D eigenvalue weighted by Crippen LogP contribution is 2.15. The Bertz CT molecular complexity index is 869. The second-order valence-corrected chi connectivity index (χ2v) is 7.51. The highest BCUT2D eigenvalue weighted by atomic mass is 32.2. The molecule has 140 valence electrons. The Morgan fingerprint density at radius 2 is 1.88 bits per heavy atom. The zero-order chi connectivity index (χ0) is 19.0. The van der Waals surface area contributed by atoms with E-state index in [4.69, 9.17) is 0 Å². The van der Waals surface area contributed by atoms with Crippen molar-refractivity contribution in [2.75, 3.05) is 24.6 Å². The Kier molecular flexibility index (Phi) is 6.97. The first-order chi connectivity index (χ1) is 12.4. The van der Waals surface area contributed by atoms with Gasteiger partial charge in [-0.15, -0.1) is 0 Å². The SMILES string of the molecule is CN=C(NCCc1cccc(F)c1)NCc1ccccc1NS(C)(=O)=O. The largest absolute Gasteiger partial charge is 0.356 e. The highest BCUT2D eigenvalue weighted by Gasteiger charge is 2.07. The van der Waals surface area contributed by atoms with Crippen LogP contribution in [0.4, 0.5) is 10.1 Å². The summed E-state index contributed by atoms with van der Waals surface area (Å²) in [4.78, 5) is 4.14. The van der Waals surface area contributed by atoms with Gasteiger partial charge in [0.1, 0.15) is 5.82 Å². The number of hydrogen-bond donors (Lipinski definition) is 3. The monoisotopic (exact) mass is 378 g/mol. The average molecular weight is 378 g/mol. The molecule has 0 spiro atoms. The third-order valence-corrected chi connectivity index (χ3v) is 4.17. The smallest absolute Gasteiger partial charge is 0.229 e. The molecule has 3 N–H and O–H groups in total. The Balaban J connectivity index is 1.89. The van der Waals surface area contributed by atoms with E-state index in [1.165, 1.54) is 12.1 Å². The maximum absolute atomic E-state index is 13.2. The van der Waals surface area contributed by atoms with Crippen LogP contribution in [-0.2, 0) is 23.0 Å². The molecule has 0 saturated heterocycles. The van der Waals surface area contributed by atoms with Crippen molar-refractivity contribution >= 4 is 21.7 Å². The minimum Gasteiger partial charge on any atom is -0.356 e. The fourth-order valence-corrected chi connectivity index (χ4v) is 2.99. The van der Waals surface area contributed by atoms with Gasteiger partial charge >= 0.3 is 0 Å². The Morgan fingerprint density at radius 1 is 1.12 bits per heavy atom. The lowest BCUT2D eigenvalue weighted by Gasteiger charge is -2.14. The molecule has 2 aromatic rings. The molecule has 0 aliphatic carbocycles. The van der Waals surface area contributed by atoms with E-state index in [0.717, 1.165) is 17.4 Å². The standard InChI is InChI=1S/C18H23FN4O2S/c1-20-18(21-11-10-14-6-5-8-16(19)12-14)22-13-15-7-3-4-9-17(15)23-26(2,24)25/h3-9,12,23H,10-11,13H2,1-2H3,(H2,20,21,22). The lowest BCUT2D eigenvalue weighted by Crippen LogP contribution is -2.38. The second kappa shape index (κ2) is 9.19. The molecular formula is C18H23FN4O2S. The van der Waals surface area contributed by atoms with Crippen molar-refractivity contribution < 1.29 is 12.8 Å². The van der Waals surface area contributed by atoms with Crippen molar-refractivity contribution in [2.24, 2.45) is 4.99 Å². The summed E-state index contributed by atoms with van der Waals surface area (Å²) in [5.41, 5.74) is 2.22. The van der Waals surface area contributed by atoms with E-state index in [9.17, 15) is 12.8 Å². The fraction of sp³-hybridized carbons (Fsp3) is 0.278. The number of nitrogens with zero attached hydrogens (tertiary/aromatic N) is 1. The molecule has 2 rings (SSSR count). The minimum atomic E-state index is -3.35. The van der Waals surface area contributed by atoms with Gasteiger partial charge in [0.2, 0.25) is 10.0 Å². The molecule has 0 atom stereocenters. The van der Waals surface area contributed by atoms with Crippen molar-refractivity contribution in [3.63, 3.8) is 0 Å². The Morgan fingerprint density at radius 3 is 2.58 bits per heavy atom. The molecule has 2 aromatic carbocycles. The van der Waals surface area contributed by atoms with Crippen LogP contribution in [0.5, 0.6) is 0 Å². The molecule has 0 radical (unpaired) electrons. The molecule has 0 fully saturated rings. The van der Waals surface area contributed by atoms with Gasteiger partial charge in [-0.2, -0.15) is 0 Å². The molecule has 26 heavy (non-hydrogen) atoms. The molecule has 0 amide bonds. The normalized spacial score (nSPS) is 11.9. The number of para-hydroxylation sites is 1. The maximum atomic E-state index is 13.2. The van der Waals surface area contributed by atoms with Crippen molar-refractivity contribution in [1.29, 1.82) is 0 Å². The molecule has 0 aliphatic rings. The fourth-order valence-electron chi connectivity index (χ4n) is 2.39. The van der Waals surface area contributed by atoms with Gasteiger partial charge in [-0.1, -0.05) is 30.3 Å². The quantitative estimate of drug-likeness (QED) is 0.509. The zero-order valence-electron chi connectivity index (χ0n) is 14.8. The lowest BCUT2D eigenvalue weighted by molar-refractivity contribution is 0.606. The van der Waals surface area contributed by atoms with Gasteiger partial charge in [0.15, 0.2) is 5.96 Å². The maximum Gasteiger partial charge on any atom is 0.229 e. The van der Waals surface area contributed by atoms with Gasteiger partial charge in [0.25, 0.3) is 0 Å². The van der Waals surface area contributed by atoms with E-state index in [2.05, 4.69) is 20.3 Å². The van der Waals surface area contributed by atoms with Crippen LogP contribution in [0.1, 0.15) is 11.1 Å². The molecule has 0 unspecified atom stereocenters. The third-order valence-electron chi connectivity index (χ3n) is 3.58. The first-order valence-corrected chi connectivity index (χ1v) is 10.0. The molecule has 8 heteroatoms. The first kappa shape index (κ1) is 19.7. The number of halogens is 1. The lowest BCUT2D eigenvalue weighted by atomic mass is 10.1. The number of aliphatic imine (C=N–C) groups is 1. The summed E-state index contributed by atoms with van der Waals surface area (Å²) in [5.74, 6) is 0.329. The number of nitrogens with one attached hydrogen (secondary N) is 3. The van der Waals surface area contributed by atoms with Crippen LogP contribution in [0.15, 0.2) is 53.5 Å². The predicted octanol–water partition coefficient (Wildman–Crippen LogP) is 2.10. The van der Waals surface area contributed by atoms with Crippen LogP contribution in [0, 0.1) is 5.82 Å². The highest BCUT2D eigenvalue weighted by molar-refractivity contribution is 7.92. The molecule has 0 aromatic heterocycles. The van der Waals surface area contributed by atoms with Crippen LogP contribution < -0.4 is 15.4 Å². The van der Waals surface area contributed by atoms with E-state index < -0.39 is 10.0 Å². The first-order valence-electron chi connectivity index (χ1n) is 8.12. The summed E-state index contributed by atoms with van der Waals surface area (Å²) in [7, 11) is -1.70. The van der Waals surface area contributed by atoms with Gasteiger partial charge in [0, 0.05) is 20.1 Å². The van der Waals surface area contributed by atoms with Gasteiger partial charge in [0.05, 0.1) is 11.9 Å². The van der Waals surface area contributed by atoms with Gasteiger partial charge < -0.3 is 10.6 Å². The molecule has 0 aliphatic heterocycles. The van der Waals surface area contributed by atoms with Gasteiger partial charge in [-0.05, 0) is 35.7 Å². The van der Waals surface area contributed by atoms with Gasteiger partial charge in [-0.3, -0.25) is 9.71 Å². The second-order valence-electron chi connectivity index (χ2n) is 5.76. The minimum absolute atomic E-state index is 0.250. The van der Waals surface area contributed by atoms with Crippen LogP contribution in [0.3, 0.4) is 0 Å². The van der Waals surface area contributed by atoms with Crippen LogP contribution >= 0.6 is 0 Å². The molecule has 6 nitrogen and oxygen atoms in total. The van der Waals surface area contributed by atoms with Crippen LogP contribution in [0.25, 0.3) is 0 Å². The number of benzene rings is 2. The number of hydrogen-bond acceptors (Lipinski definition) is 3. The zero-order valence-corrected chi connectivity index (χ0v) is 15.6. The molecule has 0 heterocycles. The topological polar surface area (TPSA) is 82.6 Å². The summed E-state index contributed by atoms with van der Waals surface area (Å²) in [6.07, 6.45) is 1.77. The van der Waals surface area contributed by atoms with Crippen molar-refractivity contribution in [3.8, 4) is 0 Å². The Labute approximate surface area is 153 Å². The summed E-state index contributed by atoms with van der Waals surface area (Å²) >= 11 is 0. The van der Waals surface area contributed by atoms with E-state index >= 15 is 0 Å². The number of sulfonamides is 1. The summed E-state index contributed by atoms with van der Waals surface area (Å²) < 4.78 is 38.6. The predicted molar refractivity (Wildman–Crippen MR) is 103 cm³/mol. The summed E-state index contributed by atoms with van der Waals surface area (Å²) in [6, 6.07) is 13.6. The molecule has 0 bridgehead atoms. The summed E-state index contributed by atoms with van der Waals surface area (Å²) in [6.45, 7) is 0.991. The van der Waals surface area contributed by atoms with Crippen molar-refractivity contribution in [1.82, 2.24) is 10.6 Å². The van der Waals surface area contributed by atoms with E-state index in [0.29, 0.717) is 31.2 Å². The average Bonchev–Trinajstić information content (AvgIpc) is 2.58. The van der Waals surface area contributed by atoms with Crippen LogP contribution in [0.2, 0.25) is 0 Å². The van der Waals surface area contributed by atoms with Crippen molar-refractivity contribution in [3.05, 3.63) is 65.5 Å². The number of rotatable bonds is 7. The van der Waals surface area contributed by atoms with Crippen molar-refractivity contribution in [2.45, 2.75) is 13.0 Å². The molecular weight excluding hydrogens is 355 g/mol. The van der Waals surface area contributed by atoms with E-state index in [-0.39, 0.29) is 5.82 Å². The van der Waals surface area contributed by atoms with Crippen LogP contribution in [-0.4, -0.2) is 34.2 Å². The number of guanidine groups is 1. The Hall–Kier alpha value is -2.61.